The molecule has 0 aliphatic heterocycles. The molecule has 140 valence electrons. The van der Waals surface area contributed by atoms with E-state index in [2.05, 4.69) is 15.9 Å². The molecule has 0 aliphatic carbocycles. The highest BCUT2D eigenvalue weighted by Gasteiger charge is 2.22. The van der Waals surface area contributed by atoms with E-state index < -0.39 is 10.1 Å². The lowest BCUT2D eigenvalue weighted by Crippen LogP contribution is -2.38. The Morgan fingerprint density at radius 2 is 1.77 bits per heavy atom. The van der Waals surface area contributed by atoms with Crippen molar-refractivity contribution in [3.8, 4) is 5.75 Å². The first kappa shape index (κ1) is 20.5. The number of hydrogen-bond donors (Lipinski definition) is 0. The third-order valence-corrected chi connectivity index (χ3v) is 5.20. The van der Waals surface area contributed by atoms with Gasteiger partial charge in [-0.2, -0.15) is 8.42 Å². The van der Waals surface area contributed by atoms with Gasteiger partial charge in [0.05, 0.1) is 11.8 Å². The van der Waals surface area contributed by atoms with Gasteiger partial charge in [-0.25, -0.2) is 0 Å². The van der Waals surface area contributed by atoms with Crippen LogP contribution >= 0.6 is 15.9 Å². The van der Waals surface area contributed by atoms with E-state index >= 15 is 0 Å². The van der Waals surface area contributed by atoms with Gasteiger partial charge >= 0.3 is 10.1 Å². The standard InChI is InChI=1S/C19H22BrNO4S/c1-4-14(2)21(19(22)17-7-5-6-8-18(17)20)13-15-9-11-16(12-10-15)25-26(3,23)24/h5-12,14H,4,13H2,1-3H3. The minimum atomic E-state index is -3.55. The van der Waals surface area contributed by atoms with Crippen LogP contribution in [0.2, 0.25) is 0 Å². The number of rotatable bonds is 7. The van der Waals surface area contributed by atoms with E-state index in [0.717, 1.165) is 22.7 Å². The van der Waals surface area contributed by atoms with Crippen LogP contribution in [0.15, 0.2) is 53.0 Å². The number of carbonyl (C=O) groups excluding carboxylic acids is 1. The van der Waals surface area contributed by atoms with Gasteiger partial charge in [0.15, 0.2) is 0 Å². The molecule has 2 aromatic rings. The molecule has 0 saturated heterocycles. The summed E-state index contributed by atoms with van der Waals surface area (Å²) in [7, 11) is -3.55. The number of nitrogens with zero attached hydrogens (tertiary/aromatic N) is 1. The molecule has 0 fully saturated rings. The molecule has 26 heavy (non-hydrogen) atoms. The van der Waals surface area contributed by atoms with Gasteiger partial charge in [0.25, 0.3) is 5.91 Å². The van der Waals surface area contributed by atoms with Crippen LogP contribution in [0.25, 0.3) is 0 Å². The molecule has 1 amide bonds. The lowest BCUT2D eigenvalue weighted by atomic mass is 10.1. The second-order valence-electron chi connectivity index (χ2n) is 6.10. The molecular weight excluding hydrogens is 418 g/mol. The van der Waals surface area contributed by atoms with Crippen molar-refractivity contribution in [2.75, 3.05) is 6.26 Å². The van der Waals surface area contributed by atoms with Gasteiger partial charge in [0.1, 0.15) is 5.75 Å². The van der Waals surface area contributed by atoms with Crippen LogP contribution in [0, 0.1) is 0 Å². The summed E-state index contributed by atoms with van der Waals surface area (Å²) in [6, 6.07) is 14.1. The normalized spacial score (nSPS) is 12.5. The maximum absolute atomic E-state index is 13.0. The van der Waals surface area contributed by atoms with Crippen molar-refractivity contribution in [3.05, 3.63) is 64.1 Å². The first-order valence-electron chi connectivity index (χ1n) is 8.25. The van der Waals surface area contributed by atoms with E-state index in [9.17, 15) is 13.2 Å². The average Bonchev–Trinajstić information content (AvgIpc) is 2.59. The van der Waals surface area contributed by atoms with E-state index in [4.69, 9.17) is 4.18 Å². The van der Waals surface area contributed by atoms with E-state index in [1.54, 1.807) is 30.3 Å². The molecule has 1 atom stereocenters. The monoisotopic (exact) mass is 439 g/mol. The van der Waals surface area contributed by atoms with Crippen LogP contribution in [0.4, 0.5) is 0 Å². The molecule has 0 radical (unpaired) electrons. The molecule has 0 N–H and O–H groups in total. The summed E-state index contributed by atoms with van der Waals surface area (Å²) in [5, 5.41) is 0. The molecule has 0 spiro atoms. The number of hydrogen-bond acceptors (Lipinski definition) is 4. The fraction of sp³-hybridized carbons (Fsp3) is 0.316. The summed E-state index contributed by atoms with van der Waals surface area (Å²) < 4.78 is 28.0. The summed E-state index contributed by atoms with van der Waals surface area (Å²) in [5.74, 6) is 0.201. The molecule has 0 aliphatic rings. The van der Waals surface area contributed by atoms with E-state index in [1.165, 1.54) is 0 Å². The van der Waals surface area contributed by atoms with Crippen molar-refractivity contribution in [1.82, 2.24) is 4.90 Å². The second-order valence-corrected chi connectivity index (χ2v) is 8.53. The Morgan fingerprint density at radius 1 is 1.15 bits per heavy atom. The number of amides is 1. The largest absolute Gasteiger partial charge is 0.383 e. The Kier molecular flexibility index (Phi) is 6.83. The van der Waals surface area contributed by atoms with Crippen LogP contribution in [-0.4, -0.2) is 31.5 Å². The molecule has 0 bridgehead atoms. The maximum atomic E-state index is 13.0. The zero-order chi connectivity index (χ0) is 19.3. The smallest absolute Gasteiger partial charge is 0.306 e. The Hall–Kier alpha value is -1.86. The quantitative estimate of drug-likeness (QED) is 0.605. The Morgan fingerprint density at radius 3 is 2.31 bits per heavy atom. The van der Waals surface area contributed by atoms with Crippen LogP contribution < -0.4 is 4.18 Å². The minimum Gasteiger partial charge on any atom is -0.383 e. The van der Waals surface area contributed by atoms with E-state index in [1.807, 2.05) is 36.9 Å². The van der Waals surface area contributed by atoms with Crippen molar-refractivity contribution >= 4 is 32.0 Å². The summed E-state index contributed by atoms with van der Waals surface area (Å²) in [6.45, 7) is 4.47. The van der Waals surface area contributed by atoms with Crippen LogP contribution in [0.1, 0.15) is 36.2 Å². The van der Waals surface area contributed by atoms with Gasteiger partial charge in [-0.3, -0.25) is 4.79 Å². The van der Waals surface area contributed by atoms with Crippen LogP contribution in [0.5, 0.6) is 5.75 Å². The van der Waals surface area contributed by atoms with Crippen molar-refractivity contribution in [3.63, 3.8) is 0 Å². The predicted molar refractivity (Wildman–Crippen MR) is 106 cm³/mol. The summed E-state index contributed by atoms with van der Waals surface area (Å²) in [6.07, 6.45) is 1.83. The van der Waals surface area contributed by atoms with Crippen LogP contribution in [-0.2, 0) is 16.7 Å². The van der Waals surface area contributed by atoms with E-state index in [-0.39, 0.29) is 17.7 Å². The van der Waals surface area contributed by atoms with Gasteiger partial charge in [-0.1, -0.05) is 31.2 Å². The average molecular weight is 440 g/mol. The van der Waals surface area contributed by atoms with Crippen molar-refractivity contribution in [2.45, 2.75) is 32.9 Å². The molecular formula is C19H22BrNO4S. The lowest BCUT2D eigenvalue weighted by molar-refractivity contribution is 0.0670. The second kappa shape index (κ2) is 8.68. The first-order chi connectivity index (χ1) is 12.2. The SMILES string of the molecule is CCC(C)N(Cc1ccc(OS(C)(=O)=O)cc1)C(=O)c1ccccc1Br. The van der Waals surface area contributed by atoms with Crippen molar-refractivity contribution in [1.29, 1.82) is 0 Å². The predicted octanol–water partition coefficient (Wildman–Crippen LogP) is 4.23. The summed E-state index contributed by atoms with van der Waals surface area (Å²) >= 11 is 3.44. The Bertz CT molecular complexity index is 865. The minimum absolute atomic E-state index is 0.0525. The molecule has 7 heteroatoms. The van der Waals surface area contributed by atoms with Crippen molar-refractivity contribution < 1.29 is 17.4 Å². The fourth-order valence-electron chi connectivity index (χ4n) is 2.46. The highest BCUT2D eigenvalue weighted by Crippen LogP contribution is 2.22. The summed E-state index contributed by atoms with van der Waals surface area (Å²) in [5.41, 5.74) is 1.51. The molecule has 2 rings (SSSR count). The molecule has 0 heterocycles. The zero-order valence-electron chi connectivity index (χ0n) is 15.0. The van der Waals surface area contributed by atoms with Gasteiger partial charge in [-0.15, -0.1) is 0 Å². The highest BCUT2D eigenvalue weighted by atomic mass is 79.9. The molecule has 0 saturated carbocycles. The maximum Gasteiger partial charge on any atom is 0.306 e. The summed E-state index contributed by atoms with van der Waals surface area (Å²) in [4.78, 5) is 14.8. The molecule has 1 unspecified atom stereocenters. The van der Waals surface area contributed by atoms with Gasteiger partial charge < -0.3 is 9.08 Å². The molecule has 5 nitrogen and oxygen atoms in total. The first-order valence-corrected chi connectivity index (χ1v) is 10.9. The lowest BCUT2D eigenvalue weighted by Gasteiger charge is -2.29. The number of halogens is 1. The van der Waals surface area contributed by atoms with Crippen LogP contribution in [0.3, 0.4) is 0 Å². The van der Waals surface area contributed by atoms with Gasteiger partial charge in [0, 0.05) is 17.1 Å². The molecule has 2 aromatic carbocycles. The number of carbonyl (C=O) groups is 1. The fourth-order valence-corrected chi connectivity index (χ4v) is 3.37. The van der Waals surface area contributed by atoms with Gasteiger partial charge in [0.2, 0.25) is 0 Å². The topological polar surface area (TPSA) is 63.7 Å². The van der Waals surface area contributed by atoms with Crippen molar-refractivity contribution in [2.24, 2.45) is 0 Å². The highest BCUT2D eigenvalue weighted by molar-refractivity contribution is 9.10. The Balaban J connectivity index is 2.23. The number of benzene rings is 2. The zero-order valence-corrected chi connectivity index (χ0v) is 17.4. The Labute approximate surface area is 163 Å². The van der Waals surface area contributed by atoms with Gasteiger partial charge in [-0.05, 0) is 59.1 Å². The third-order valence-electron chi connectivity index (χ3n) is 4.01. The molecule has 0 aromatic heterocycles. The third kappa shape index (κ3) is 5.57. The van der Waals surface area contributed by atoms with E-state index in [0.29, 0.717) is 12.1 Å².